The monoisotopic (exact) mass is 301 g/mol. The number of hydrogen-bond acceptors (Lipinski definition) is 3. The molecule has 0 fully saturated rings. The molecule has 100 valence electrons. The van der Waals surface area contributed by atoms with Crippen molar-refractivity contribution in [2.75, 3.05) is 0 Å². The maximum Gasteiger partial charge on any atom is 0.195 e. The van der Waals surface area contributed by atoms with Gasteiger partial charge in [0, 0.05) is 16.5 Å². The molecule has 0 atom stereocenters. The van der Waals surface area contributed by atoms with Crippen molar-refractivity contribution in [1.82, 2.24) is 14.8 Å². The van der Waals surface area contributed by atoms with Gasteiger partial charge in [-0.3, -0.25) is 4.57 Å². The second-order valence-corrected chi connectivity index (χ2v) is 5.62. The molecule has 0 aliphatic heterocycles. The second-order valence-electron chi connectivity index (χ2n) is 4.24. The highest BCUT2D eigenvalue weighted by Crippen LogP contribution is 2.24. The van der Waals surface area contributed by atoms with Crippen molar-refractivity contribution in [3.05, 3.63) is 71.5 Å². The summed E-state index contributed by atoms with van der Waals surface area (Å²) in [6, 6.07) is 17.9. The zero-order chi connectivity index (χ0) is 13.8. The molecule has 1 aromatic heterocycles. The number of nitrogens with zero attached hydrogens (tertiary/aromatic N) is 3. The SMILES string of the molecule is Clc1cccc(CSc2nncn2-c2ccccc2)c1. The standard InChI is InChI=1S/C15H12ClN3S/c16-13-6-4-5-12(9-13)10-20-15-18-17-11-19(15)14-7-2-1-3-8-14/h1-9,11H,10H2. The van der Waals surface area contributed by atoms with Crippen LogP contribution in [0.5, 0.6) is 0 Å². The Kier molecular flexibility index (Phi) is 4.04. The lowest BCUT2D eigenvalue weighted by Gasteiger charge is -2.06. The fraction of sp³-hybridized carbons (Fsp3) is 0.0667. The molecule has 3 rings (SSSR count). The maximum absolute atomic E-state index is 5.99. The number of hydrogen-bond donors (Lipinski definition) is 0. The number of thioether (sulfide) groups is 1. The van der Waals surface area contributed by atoms with Crippen LogP contribution in [0.15, 0.2) is 66.1 Å². The third-order valence-corrected chi connectivity index (χ3v) is 4.06. The van der Waals surface area contributed by atoms with Gasteiger partial charge in [0.25, 0.3) is 0 Å². The lowest BCUT2D eigenvalue weighted by molar-refractivity contribution is 0.884. The van der Waals surface area contributed by atoms with Gasteiger partial charge in [0.2, 0.25) is 0 Å². The van der Waals surface area contributed by atoms with E-state index in [0.717, 1.165) is 21.6 Å². The van der Waals surface area contributed by atoms with Crippen molar-refractivity contribution in [2.24, 2.45) is 0 Å². The minimum atomic E-state index is 0.757. The van der Waals surface area contributed by atoms with Gasteiger partial charge in [0.05, 0.1) is 0 Å². The Morgan fingerprint density at radius 1 is 1.05 bits per heavy atom. The van der Waals surface area contributed by atoms with Gasteiger partial charge < -0.3 is 0 Å². The molecule has 0 saturated heterocycles. The van der Waals surface area contributed by atoms with Crippen molar-refractivity contribution in [1.29, 1.82) is 0 Å². The number of halogens is 1. The highest BCUT2D eigenvalue weighted by atomic mass is 35.5. The summed E-state index contributed by atoms with van der Waals surface area (Å²) in [6.07, 6.45) is 1.73. The molecular weight excluding hydrogens is 290 g/mol. The Morgan fingerprint density at radius 2 is 1.90 bits per heavy atom. The van der Waals surface area contributed by atoms with E-state index in [1.54, 1.807) is 18.1 Å². The van der Waals surface area contributed by atoms with Crippen LogP contribution in [0.2, 0.25) is 5.02 Å². The Morgan fingerprint density at radius 3 is 2.70 bits per heavy atom. The highest BCUT2D eigenvalue weighted by molar-refractivity contribution is 7.98. The van der Waals surface area contributed by atoms with E-state index < -0.39 is 0 Å². The van der Waals surface area contributed by atoms with Crippen LogP contribution in [-0.2, 0) is 5.75 Å². The fourth-order valence-corrected chi connectivity index (χ4v) is 2.95. The van der Waals surface area contributed by atoms with Gasteiger partial charge in [-0.25, -0.2) is 0 Å². The van der Waals surface area contributed by atoms with E-state index in [1.165, 1.54) is 5.56 Å². The van der Waals surface area contributed by atoms with Crippen molar-refractivity contribution in [3.63, 3.8) is 0 Å². The van der Waals surface area contributed by atoms with Crippen LogP contribution in [0, 0.1) is 0 Å². The first-order valence-electron chi connectivity index (χ1n) is 6.15. The smallest absolute Gasteiger partial charge is 0.195 e. The molecule has 0 N–H and O–H groups in total. The number of para-hydroxylation sites is 1. The fourth-order valence-electron chi connectivity index (χ4n) is 1.86. The minimum Gasteiger partial charge on any atom is -0.277 e. The molecule has 0 amide bonds. The summed E-state index contributed by atoms with van der Waals surface area (Å²) in [5, 5.41) is 9.80. The van der Waals surface area contributed by atoms with Gasteiger partial charge in [-0.1, -0.05) is 53.7 Å². The summed E-state index contributed by atoms with van der Waals surface area (Å²) in [4.78, 5) is 0. The Labute approximate surface area is 126 Å². The van der Waals surface area contributed by atoms with Gasteiger partial charge >= 0.3 is 0 Å². The minimum absolute atomic E-state index is 0.757. The number of benzene rings is 2. The molecule has 20 heavy (non-hydrogen) atoms. The molecule has 0 spiro atoms. The van der Waals surface area contributed by atoms with Crippen molar-refractivity contribution in [3.8, 4) is 5.69 Å². The van der Waals surface area contributed by atoms with E-state index in [0.29, 0.717) is 0 Å². The van der Waals surface area contributed by atoms with Gasteiger partial charge in [-0.05, 0) is 29.8 Å². The molecule has 3 nitrogen and oxygen atoms in total. The van der Waals surface area contributed by atoms with E-state index >= 15 is 0 Å². The van der Waals surface area contributed by atoms with Gasteiger partial charge in [-0.15, -0.1) is 10.2 Å². The van der Waals surface area contributed by atoms with E-state index in [2.05, 4.69) is 16.3 Å². The average molecular weight is 302 g/mol. The summed E-state index contributed by atoms with van der Waals surface area (Å²) in [6.45, 7) is 0. The summed E-state index contributed by atoms with van der Waals surface area (Å²) in [5.74, 6) is 0.812. The predicted octanol–water partition coefficient (Wildman–Crippen LogP) is 4.21. The van der Waals surface area contributed by atoms with Crippen LogP contribution in [0.3, 0.4) is 0 Å². The molecule has 0 radical (unpaired) electrons. The molecule has 3 aromatic rings. The van der Waals surface area contributed by atoms with Gasteiger partial charge in [-0.2, -0.15) is 0 Å². The highest BCUT2D eigenvalue weighted by Gasteiger charge is 2.07. The Balaban J connectivity index is 1.78. The predicted molar refractivity (Wildman–Crippen MR) is 82.4 cm³/mol. The first-order valence-corrected chi connectivity index (χ1v) is 7.52. The van der Waals surface area contributed by atoms with Crippen LogP contribution in [0.25, 0.3) is 5.69 Å². The molecule has 5 heteroatoms. The zero-order valence-corrected chi connectivity index (χ0v) is 12.2. The molecule has 0 saturated carbocycles. The molecule has 1 heterocycles. The van der Waals surface area contributed by atoms with E-state index in [4.69, 9.17) is 11.6 Å². The molecule has 0 unspecified atom stereocenters. The van der Waals surface area contributed by atoms with Crippen LogP contribution in [-0.4, -0.2) is 14.8 Å². The number of aromatic nitrogens is 3. The first kappa shape index (κ1) is 13.2. The van der Waals surface area contributed by atoms with Gasteiger partial charge in [0.1, 0.15) is 6.33 Å². The zero-order valence-electron chi connectivity index (χ0n) is 10.6. The average Bonchev–Trinajstić information content (AvgIpc) is 2.95. The quantitative estimate of drug-likeness (QED) is 0.676. The topological polar surface area (TPSA) is 30.7 Å². The normalized spacial score (nSPS) is 10.7. The van der Waals surface area contributed by atoms with E-state index in [-0.39, 0.29) is 0 Å². The molecular formula is C15H12ClN3S. The van der Waals surface area contributed by atoms with Crippen LogP contribution in [0.1, 0.15) is 5.56 Å². The lowest BCUT2D eigenvalue weighted by Crippen LogP contribution is -1.94. The van der Waals surface area contributed by atoms with Crippen LogP contribution in [0.4, 0.5) is 0 Å². The third kappa shape index (κ3) is 3.03. The number of rotatable bonds is 4. The largest absolute Gasteiger partial charge is 0.277 e. The maximum atomic E-state index is 5.99. The Hall–Kier alpha value is -1.78. The van der Waals surface area contributed by atoms with E-state index in [9.17, 15) is 0 Å². The third-order valence-electron chi connectivity index (χ3n) is 2.81. The van der Waals surface area contributed by atoms with Crippen LogP contribution >= 0.6 is 23.4 Å². The lowest BCUT2D eigenvalue weighted by atomic mass is 10.2. The van der Waals surface area contributed by atoms with Crippen molar-refractivity contribution >= 4 is 23.4 Å². The molecule has 2 aromatic carbocycles. The summed E-state index contributed by atoms with van der Waals surface area (Å²) in [7, 11) is 0. The molecule has 0 bridgehead atoms. The van der Waals surface area contributed by atoms with Crippen LogP contribution < -0.4 is 0 Å². The summed E-state index contributed by atoms with van der Waals surface area (Å²) >= 11 is 7.63. The summed E-state index contributed by atoms with van der Waals surface area (Å²) < 4.78 is 1.98. The molecule has 0 aliphatic carbocycles. The van der Waals surface area contributed by atoms with Crippen molar-refractivity contribution < 1.29 is 0 Å². The summed E-state index contributed by atoms with van der Waals surface area (Å²) in [5.41, 5.74) is 2.23. The van der Waals surface area contributed by atoms with E-state index in [1.807, 2.05) is 53.1 Å². The van der Waals surface area contributed by atoms with Crippen molar-refractivity contribution in [2.45, 2.75) is 10.9 Å². The second kappa shape index (κ2) is 6.11. The molecule has 0 aliphatic rings. The Bertz CT molecular complexity index is 697. The first-order chi connectivity index (χ1) is 9.83. The van der Waals surface area contributed by atoms with Gasteiger partial charge in [0.15, 0.2) is 5.16 Å².